The molecule has 41 heavy (non-hydrogen) atoms. The van der Waals surface area contributed by atoms with E-state index >= 15 is 0 Å². The first kappa shape index (κ1) is 26.7. The Hall–Kier alpha value is -3.17. The summed E-state index contributed by atoms with van der Waals surface area (Å²) in [5.74, 6) is 1.88. The quantitative estimate of drug-likeness (QED) is 0.485. The first-order valence-electron chi connectivity index (χ1n) is 13.9. The Balaban J connectivity index is 1.54. The number of fused-ring (bicyclic) bond motifs is 9. The summed E-state index contributed by atoms with van der Waals surface area (Å²) < 4.78 is 23.6. The molecule has 5 heterocycles. The molecule has 0 aliphatic carbocycles. The Labute approximate surface area is 243 Å². The number of aryl methyl sites for hydroxylation is 1. The van der Waals surface area contributed by atoms with Crippen LogP contribution in [0.4, 0.5) is 0 Å². The van der Waals surface area contributed by atoms with Crippen molar-refractivity contribution in [1.82, 2.24) is 9.80 Å². The van der Waals surface area contributed by atoms with Gasteiger partial charge >= 0.3 is 5.97 Å². The third-order valence-electron chi connectivity index (χ3n) is 9.83. The zero-order valence-corrected chi connectivity index (χ0v) is 24.6. The number of carbonyl (C=O) groups excluding carboxylic acids is 1. The highest BCUT2D eigenvalue weighted by Crippen LogP contribution is 2.62. The number of piperazine rings is 1. The molecule has 0 spiro atoms. The summed E-state index contributed by atoms with van der Waals surface area (Å²) in [5, 5.41) is 22.3. The average molecular weight is 579 g/mol. The van der Waals surface area contributed by atoms with Crippen LogP contribution in [0.5, 0.6) is 23.0 Å². The molecule has 0 amide bonds. The van der Waals surface area contributed by atoms with Crippen molar-refractivity contribution < 1.29 is 28.8 Å². The van der Waals surface area contributed by atoms with E-state index in [1.165, 1.54) is 0 Å². The van der Waals surface area contributed by atoms with Crippen LogP contribution in [0.1, 0.15) is 56.3 Å². The second kappa shape index (κ2) is 9.42. The number of rotatable bonds is 1. The highest BCUT2D eigenvalue weighted by molar-refractivity contribution is 7.99. The summed E-state index contributed by atoms with van der Waals surface area (Å²) >= 11 is 1.61. The predicted molar refractivity (Wildman–Crippen MR) is 151 cm³/mol. The van der Waals surface area contributed by atoms with Crippen molar-refractivity contribution in [3.63, 3.8) is 0 Å². The normalized spacial score (nSPS) is 31.9. The number of aromatic hydroxyl groups is 1. The highest BCUT2D eigenvalue weighted by Gasteiger charge is 2.60. The maximum absolute atomic E-state index is 12.9. The number of nitriles is 1. The number of phenolic OH excluding ortho intramolecular Hbond substituents is 1. The van der Waals surface area contributed by atoms with E-state index in [4.69, 9.17) is 24.7 Å². The first-order valence-corrected chi connectivity index (χ1v) is 15.0. The van der Waals surface area contributed by atoms with Gasteiger partial charge in [0.25, 0.3) is 0 Å². The molecule has 2 aromatic carbocycles. The first-order chi connectivity index (χ1) is 19.7. The summed E-state index contributed by atoms with van der Waals surface area (Å²) in [6, 6.07) is 2.33. The number of likely N-dealkylation sites (N-methyl/N-ethyl adjacent to an activating group) is 1. The molecule has 4 bridgehead atoms. The minimum Gasteiger partial charge on any atom is -0.504 e. The fourth-order valence-electron chi connectivity index (χ4n) is 7.94. The van der Waals surface area contributed by atoms with Gasteiger partial charge in [-0.1, -0.05) is 6.07 Å². The van der Waals surface area contributed by atoms with Crippen LogP contribution < -0.4 is 19.9 Å². The SMILES string of the molecule is COc1c(C)cc2c(c1O)C1C3C4SC[C@@H](N)C(=O)OCC(c5c6c(c(C)c(C)c54)OCO6)N3C(C#N)C(C2)N1C. The van der Waals surface area contributed by atoms with Gasteiger partial charge in [-0.3, -0.25) is 14.6 Å². The van der Waals surface area contributed by atoms with Crippen molar-refractivity contribution in [2.24, 2.45) is 5.73 Å². The lowest BCUT2D eigenvalue weighted by atomic mass is 9.71. The molecule has 7 rings (SSSR count). The van der Waals surface area contributed by atoms with Crippen molar-refractivity contribution in [3.05, 3.63) is 45.0 Å². The predicted octanol–water partition coefficient (Wildman–Crippen LogP) is 2.94. The number of nitrogens with two attached hydrogens (primary N) is 1. The number of esters is 1. The Morgan fingerprint density at radius 3 is 2.63 bits per heavy atom. The molecule has 2 fully saturated rings. The van der Waals surface area contributed by atoms with Gasteiger partial charge in [0.15, 0.2) is 23.0 Å². The van der Waals surface area contributed by atoms with Gasteiger partial charge in [0.1, 0.15) is 18.7 Å². The van der Waals surface area contributed by atoms with Crippen molar-refractivity contribution in [1.29, 1.82) is 5.26 Å². The number of cyclic esters (lactones) is 1. The molecule has 0 radical (unpaired) electrons. The molecule has 2 aromatic rings. The maximum atomic E-state index is 12.9. The number of methoxy groups -OCH3 is 1. The van der Waals surface area contributed by atoms with Gasteiger partial charge in [-0.15, -0.1) is 11.8 Å². The zero-order chi connectivity index (χ0) is 28.9. The van der Waals surface area contributed by atoms with Crippen LogP contribution in [-0.2, 0) is 16.0 Å². The molecule has 0 aromatic heterocycles. The molecule has 11 heteroatoms. The standard InChI is InChI=1S/C30H34N4O6S/c1-12-6-15-7-17-18(8-31)34-19-9-38-30(36)16(32)10-41-29(20-13(2)14(3)27-28(22(19)20)40-11-39-27)24(34)23(33(17)4)21(15)25(35)26(12)37-5/h6,16-19,23-24,29,35H,7,9-11,32H2,1-5H3/t16-,17?,18?,19?,23?,24?,29?/m1/s1. The number of thioether (sulfide) groups is 1. The van der Waals surface area contributed by atoms with E-state index in [1.54, 1.807) is 18.9 Å². The molecular formula is C30H34N4O6S. The average Bonchev–Trinajstić information content (AvgIpc) is 3.44. The van der Waals surface area contributed by atoms with E-state index in [2.05, 4.69) is 28.9 Å². The summed E-state index contributed by atoms with van der Waals surface area (Å²) in [5.41, 5.74) is 13.2. The second-order valence-electron chi connectivity index (χ2n) is 11.7. The lowest BCUT2D eigenvalue weighted by Gasteiger charge is -2.62. The van der Waals surface area contributed by atoms with E-state index in [0.29, 0.717) is 29.4 Å². The Morgan fingerprint density at radius 1 is 1.15 bits per heavy atom. The molecule has 216 valence electrons. The van der Waals surface area contributed by atoms with Crippen LogP contribution in [-0.4, -0.2) is 78.4 Å². The number of nitrogens with zero attached hydrogens (tertiary/aromatic N) is 3. The minimum absolute atomic E-state index is 0.0309. The van der Waals surface area contributed by atoms with Crippen LogP contribution in [0, 0.1) is 32.1 Å². The van der Waals surface area contributed by atoms with Gasteiger partial charge in [-0.2, -0.15) is 5.26 Å². The van der Waals surface area contributed by atoms with E-state index in [0.717, 1.165) is 38.9 Å². The summed E-state index contributed by atoms with van der Waals surface area (Å²) in [6.07, 6.45) is 0.592. The van der Waals surface area contributed by atoms with E-state index < -0.39 is 24.1 Å². The number of carbonyl (C=O) groups is 1. The fourth-order valence-corrected chi connectivity index (χ4v) is 9.44. The highest BCUT2D eigenvalue weighted by atomic mass is 32.2. The van der Waals surface area contributed by atoms with Gasteiger partial charge in [0.2, 0.25) is 6.79 Å². The topological polar surface area (TPSA) is 131 Å². The van der Waals surface area contributed by atoms with Gasteiger partial charge in [-0.05, 0) is 62.1 Å². The molecule has 7 atom stereocenters. The van der Waals surface area contributed by atoms with E-state index in [9.17, 15) is 15.2 Å². The van der Waals surface area contributed by atoms with Crippen molar-refractivity contribution in [2.75, 3.05) is 33.3 Å². The van der Waals surface area contributed by atoms with Gasteiger partial charge in [-0.25, -0.2) is 0 Å². The van der Waals surface area contributed by atoms with E-state index in [1.807, 2.05) is 20.9 Å². The molecule has 3 N–H and O–H groups in total. The van der Waals surface area contributed by atoms with Crippen LogP contribution in [0.3, 0.4) is 0 Å². The summed E-state index contributed by atoms with van der Waals surface area (Å²) in [4.78, 5) is 17.4. The van der Waals surface area contributed by atoms with Crippen LogP contribution in [0.2, 0.25) is 0 Å². The van der Waals surface area contributed by atoms with E-state index in [-0.39, 0.29) is 42.5 Å². The second-order valence-corrected chi connectivity index (χ2v) is 12.9. The van der Waals surface area contributed by atoms with Crippen molar-refractivity contribution >= 4 is 17.7 Å². The molecular weight excluding hydrogens is 544 g/mol. The number of hydrogen-bond acceptors (Lipinski definition) is 11. The maximum Gasteiger partial charge on any atom is 0.323 e. The molecule has 5 aliphatic rings. The zero-order valence-electron chi connectivity index (χ0n) is 23.8. The minimum atomic E-state index is -0.776. The Kier molecular flexibility index (Phi) is 6.14. The number of ether oxygens (including phenoxy) is 4. The Bertz CT molecular complexity index is 1520. The summed E-state index contributed by atoms with van der Waals surface area (Å²) in [7, 11) is 3.62. The number of phenols is 1. The molecule has 5 aliphatic heterocycles. The molecule has 10 nitrogen and oxygen atoms in total. The fraction of sp³-hybridized carbons (Fsp3) is 0.533. The van der Waals surface area contributed by atoms with Gasteiger partial charge < -0.3 is 29.8 Å². The van der Waals surface area contributed by atoms with Crippen molar-refractivity contribution in [2.45, 2.75) is 68.7 Å². The van der Waals surface area contributed by atoms with Gasteiger partial charge in [0.05, 0.1) is 25.3 Å². The lowest BCUT2D eigenvalue weighted by molar-refractivity contribution is -0.150. The third-order valence-corrected chi connectivity index (χ3v) is 11.3. The molecule has 2 saturated heterocycles. The lowest BCUT2D eigenvalue weighted by Crippen LogP contribution is -2.69. The smallest absolute Gasteiger partial charge is 0.323 e. The third kappa shape index (κ3) is 3.51. The van der Waals surface area contributed by atoms with Gasteiger partial charge in [0, 0.05) is 34.2 Å². The largest absolute Gasteiger partial charge is 0.504 e. The monoisotopic (exact) mass is 578 g/mol. The number of hydrogen-bond donors (Lipinski definition) is 2. The molecule has 0 saturated carbocycles. The van der Waals surface area contributed by atoms with Crippen LogP contribution in [0.25, 0.3) is 0 Å². The summed E-state index contributed by atoms with van der Waals surface area (Å²) in [6.45, 7) is 6.22. The van der Waals surface area contributed by atoms with Crippen molar-refractivity contribution in [3.8, 4) is 29.1 Å². The van der Waals surface area contributed by atoms with Crippen LogP contribution >= 0.6 is 11.8 Å². The number of benzene rings is 2. The van der Waals surface area contributed by atoms with Crippen LogP contribution in [0.15, 0.2) is 6.07 Å². The molecule has 6 unspecified atom stereocenters. The Morgan fingerprint density at radius 2 is 1.90 bits per heavy atom.